The third-order valence-corrected chi connectivity index (χ3v) is 4.62. The molecular weight excluding hydrogens is 319 g/mol. The van der Waals surface area contributed by atoms with E-state index in [0.29, 0.717) is 22.6 Å². The summed E-state index contributed by atoms with van der Waals surface area (Å²) < 4.78 is 13.1. The maximum absolute atomic E-state index is 13.1. The Labute approximate surface area is 146 Å². The Morgan fingerprint density at radius 1 is 1.08 bits per heavy atom. The van der Waals surface area contributed by atoms with Crippen LogP contribution in [0, 0.1) is 11.7 Å². The van der Waals surface area contributed by atoms with Crippen molar-refractivity contribution in [2.24, 2.45) is 5.92 Å². The zero-order valence-corrected chi connectivity index (χ0v) is 14.1. The first-order valence-corrected chi connectivity index (χ1v) is 8.47. The topological polar surface area (TPSA) is 58.2 Å². The number of rotatable bonds is 4. The van der Waals surface area contributed by atoms with Crippen LogP contribution in [0.1, 0.15) is 39.6 Å². The van der Waals surface area contributed by atoms with E-state index < -0.39 is 5.82 Å². The maximum Gasteiger partial charge on any atom is 0.252 e. The molecule has 1 saturated heterocycles. The van der Waals surface area contributed by atoms with Gasteiger partial charge in [-0.05, 0) is 55.8 Å². The number of amides is 1. The molecule has 1 amide bonds. The van der Waals surface area contributed by atoms with Gasteiger partial charge in [0.1, 0.15) is 5.82 Å². The number of ketones is 1. The highest BCUT2D eigenvalue weighted by atomic mass is 19.1. The van der Waals surface area contributed by atoms with E-state index in [1.54, 1.807) is 24.3 Å². The molecule has 2 aromatic rings. The molecule has 1 aliphatic heterocycles. The minimum atomic E-state index is -0.400. The van der Waals surface area contributed by atoms with Gasteiger partial charge in [-0.15, -0.1) is 0 Å². The van der Waals surface area contributed by atoms with Gasteiger partial charge in [0.05, 0.1) is 5.56 Å². The van der Waals surface area contributed by atoms with Gasteiger partial charge < -0.3 is 10.6 Å². The Morgan fingerprint density at radius 2 is 1.76 bits per heavy atom. The van der Waals surface area contributed by atoms with Gasteiger partial charge >= 0.3 is 0 Å². The number of benzene rings is 2. The minimum Gasteiger partial charge on any atom is -0.349 e. The largest absolute Gasteiger partial charge is 0.349 e. The quantitative estimate of drug-likeness (QED) is 0.842. The average molecular weight is 340 g/mol. The zero-order valence-electron chi connectivity index (χ0n) is 14.1. The molecule has 3 rings (SSSR count). The highest BCUT2D eigenvalue weighted by Crippen LogP contribution is 2.17. The first kappa shape index (κ1) is 17.3. The second-order valence-electron chi connectivity index (χ2n) is 6.43. The van der Waals surface area contributed by atoms with Crippen molar-refractivity contribution in [1.29, 1.82) is 0 Å². The van der Waals surface area contributed by atoms with Gasteiger partial charge in [0.15, 0.2) is 5.78 Å². The highest BCUT2D eigenvalue weighted by Gasteiger charge is 2.25. The van der Waals surface area contributed by atoms with Crippen LogP contribution in [0.3, 0.4) is 0 Å². The van der Waals surface area contributed by atoms with Gasteiger partial charge in [-0.1, -0.05) is 25.1 Å². The molecule has 1 fully saturated rings. The molecule has 0 radical (unpaired) electrons. The average Bonchev–Trinajstić information content (AvgIpc) is 2.63. The fourth-order valence-electron chi connectivity index (χ4n) is 3.11. The lowest BCUT2D eigenvalue weighted by molar-refractivity contribution is 0.0905. The Balaban J connectivity index is 1.83. The van der Waals surface area contributed by atoms with E-state index in [-0.39, 0.29) is 17.7 Å². The number of piperidine rings is 1. The number of nitrogens with one attached hydrogen (secondary N) is 2. The molecule has 1 heterocycles. The molecule has 25 heavy (non-hydrogen) atoms. The number of halogens is 1. The summed E-state index contributed by atoms with van der Waals surface area (Å²) in [5.41, 5.74) is 1.03. The number of hydrogen-bond acceptors (Lipinski definition) is 3. The van der Waals surface area contributed by atoms with E-state index >= 15 is 0 Å². The van der Waals surface area contributed by atoms with Gasteiger partial charge in [-0.25, -0.2) is 4.39 Å². The van der Waals surface area contributed by atoms with Crippen LogP contribution in [0.4, 0.5) is 4.39 Å². The summed E-state index contributed by atoms with van der Waals surface area (Å²) in [5, 5.41) is 6.35. The summed E-state index contributed by atoms with van der Waals surface area (Å²) in [5.74, 6) is -0.603. The Morgan fingerprint density at radius 3 is 2.44 bits per heavy atom. The van der Waals surface area contributed by atoms with Crippen molar-refractivity contribution in [1.82, 2.24) is 10.6 Å². The van der Waals surface area contributed by atoms with Gasteiger partial charge in [-0.2, -0.15) is 0 Å². The van der Waals surface area contributed by atoms with Crippen molar-refractivity contribution >= 4 is 11.7 Å². The molecule has 0 bridgehead atoms. The van der Waals surface area contributed by atoms with Crippen LogP contribution in [0.2, 0.25) is 0 Å². The third-order valence-electron chi connectivity index (χ3n) is 4.62. The molecule has 2 unspecified atom stereocenters. The lowest BCUT2D eigenvalue weighted by Gasteiger charge is -2.30. The second-order valence-corrected chi connectivity index (χ2v) is 6.43. The van der Waals surface area contributed by atoms with E-state index in [4.69, 9.17) is 0 Å². The molecule has 0 aliphatic carbocycles. The van der Waals surface area contributed by atoms with Crippen molar-refractivity contribution in [2.45, 2.75) is 19.4 Å². The maximum atomic E-state index is 13.1. The van der Waals surface area contributed by atoms with E-state index in [2.05, 4.69) is 17.6 Å². The third kappa shape index (κ3) is 3.94. The number of carbonyl (C=O) groups excluding carboxylic acids is 2. The lowest BCUT2D eigenvalue weighted by atomic mass is 9.93. The van der Waals surface area contributed by atoms with Crippen molar-refractivity contribution in [3.05, 3.63) is 71.0 Å². The van der Waals surface area contributed by atoms with Crippen molar-refractivity contribution in [2.75, 3.05) is 13.1 Å². The summed E-state index contributed by atoms with van der Waals surface area (Å²) >= 11 is 0. The minimum absolute atomic E-state index is 0.0859. The zero-order chi connectivity index (χ0) is 17.8. The summed E-state index contributed by atoms with van der Waals surface area (Å²) in [6, 6.07) is 12.2. The number of hydrogen-bond donors (Lipinski definition) is 2. The first-order valence-electron chi connectivity index (χ1n) is 8.47. The molecule has 2 aromatic carbocycles. The second kappa shape index (κ2) is 7.57. The van der Waals surface area contributed by atoms with Gasteiger partial charge in [0.2, 0.25) is 0 Å². The normalized spacial score (nSPS) is 20.1. The van der Waals surface area contributed by atoms with Crippen LogP contribution in [0.15, 0.2) is 48.5 Å². The van der Waals surface area contributed by atoms with Crippen molar-refractivity contribution < 1.29 is 14.0 Å². The smallest absolute Gasteiger partial charge is 0.252 e. The predicted octanol–water partition coefficient (Wildman–Crippen LogP) is 2.78. The van der Waals surface area contributed by atoms with E-state index in [1.807, 2.05) is 0 Å². The molecule has 2 atom stereocenters. The first-order chi connectivity index (χ1) is 12.1. The molecule has 4 nitrogen and oxygen atoms in total. The van der Waals surface area contributed by atoms with Crippen LogP contribution in [0.25, 0.3) is 0 Å². The fourth-order valence-corrected chi connectivity index (χ4v) is 3.11. The standard InChI is InChI=1S/C20H21FN2O2/c1-13-12-22-11-10-18(13)23-20(25)17-5-3-2-4-16(17)19(24)14-6-8-15(21)9-7-14/h2-9,13,18,22H,10-12H2,1H3,(H,23,25). The van der Waals surface area contributed by atoms with Crippen LogP contribution in [-0.4, -0.2) is 30.8 Å². The Bertz CT molecular complexity index is 774. The molecule has 2 N–H and O–H groups in total. The van der Waals surface area contributed by atoms with Crippen LogP contribution < -0.4 is 10.6 Å². The Kier molecular flexibility index (Phi) is 5.24. The predicted molar refractivity (Wildman–Crippen MR) is 94.2 cm³/mol. The van der Waals surface area contributed by atoms with Crippen molar-refractivity contribution in [3.8, 4) is 0 Å². The molecule has 1 aliphatic rings. The summed E-state index contributed by atoms with van der Waals surface area (Å²) in [6.45, 7) is 3.82. The Hall–Kier alpha value is -2.53. The molecule has 0 spiro atoms. The van der Waals surface area contributed by atoms with E-state index in [0.717, 1.165) is 19.5 Å². The van der Waals surface area contributed by atoms with Crippen molar-refractivity contribution in [3.63, 3.8) is 0 Å². The highest BCUT2D eigenvalue weighted by molar-refractivity contribution is 6.15. The summed E-state index contributed by atoms with van der Waals surface area (Å²) in [6.07, 6.45) is 0.862. The molecule has 5 heteroatoms. The summed E-state index contributed by atoms with van der Waals surface area (Å²) in [4.78, 5) is 25.5. The van der Waals surface area contributed by atoms with Gasteiger partial charge in [0, 0.05) is 17.2 Å². The van der Waals surface area contributed by atoms with Gasteiger partial charge in [0.25, 0.3) is 5.91 Å². The molecular formula is C20H21FN2O2. The molecule has 130 valence electrons. The lowest BCUT2D eigenvalue weighted by Crippen LogP contribution is -2.48. The molecule has 0 saturated carbocycles. The van der Waals surface area contributed by atoms with Crippen LogP contribution >= 0.6 is 0 Å². The van der Waals surface area contributed by atoms with Gasteiger partial charge in [-0.3, -0.25) is 9.59 Å². The monoisotopic (exact) mass is 340 g/mol. The van der Waals surface area contributed by atoms with Crippen LogP contribution in [0.5, 0.6) is 0 Å². The van der Waals surface area contributed by atoms with Crippen LogP contribution in [-0.2, 0) is 0 Å². The van der Waals surface area contributed by atoms with E-state index in [1.165, 1.54) is 24.3 Å². The molecule has 0 aromatic heterocycles. The SMILES string of the molecule is CC1CNCCC1NC(=O)c1ccccc1C(=O)c1ccc(F)cc1. The summed E-state index contributed by atoms with van der Waals surface area (Å²) in [7, 11) is 0. The van der Waals surface area contributed by atoms with E-state index in [9.17, 15) is 14.0 Å². The fraction of sp³-hybridized carbons (Fsp3) is 0.300. The number of carbonyl (C=O) groups is 2.